The first-order valence-corrected chi connectivity index (χ1v) is 5.45. The molecule has 0 amide bonds. The zero-order valence-corrected chi connectivity index (χ0v) is 9.78. The molecule has 0 atom stereocenters. The van der Waals surface area contributed by atoms with Gasteiger partial charge < -0.3 is 10.8 Å². The van der Waals surface area contributed by atoms with Gasteiger partial charge in [0.25, 0.3) is 0 Å². The summed E-state index contributed by atoms with van der Waals surface area (Å²) in [6.07, 6.45) is -3.03. The number of halogens is 3. The molecule has 0 fully saturated rings. The third kappa shape index (κ3) is 2.68. The molecular weight excluding hydrogens is 257 g/mol. The average Bonchev–Trinajstić information content (AvgIpc) is 2.37. The molecule has 0 bridgehead atoms. The van der Waals surface area contributed by atoms with E-state index in [1.165, 1.54) is 24.4 Å². The number of alkyl halides is 3. The number of hydrogen-bond acceptors (Lipinski definition) is 3. The molecule has 0 aliphatic heterocycles. The van der Waals surface area contributed by atoms with E-state index >= 15 is 0 Å². The summed E-state index contributed by atoms with van der Waals surface area (Å²) in [7, 11) is 0. The number of nitrogen functional groups attached to an aromatic ring is 1. The normalized spacial score (nSPS) is 11.6. The molecule has 0 aliphatic carbocycles. The van der Waals surface area contributed by atoms with Crippen molar-refractivity contribution in [1.29, 1.82) is 0 Å². The van der Waals surface area contributed by atoms with Crippen LogP contribution in [0.5, 0.6) is 0 Å². The number of pyridine rings is 1. The Morgan fingerprint density at radius 2 is 1.95 bits per heavy atom. The Labute approximate surface area is 107 Å². The Kier molecular flexibility index (Phi) is 3.44. The van der Waals surface area contributed by atoms with E-state index in [9.17, 15) is 18.3 Å². The number of rotatable bonds is 2. The second-order valence-electron chi connectivity index (χ2n) is 3.96. The standard InChI is InChI=1S/C13H11F3N2O/c14-13(15,16)9-3-1-2-8(6-9)12-10(7-19)11(17)4-5-18-12/h1-6,19H,7H2,(H2,17,18). The summed E-state index contributed by atoms with van der Waals surface area (Å²) in [5, 5.41) is 9.25. The Morgan fingerprint density at radius 3 is 2.58 bits per heavy atom. The van der Waals surface area contributed by atoms with Crippen LogP contribution in [0.2, 0.25) is 0 Å². The SMILES string of the molecule is Nc1ccnc(-c2cccc(C(F)(F)F)c2)c1CO. The van der Waals surface area contributed by atoms with Crippen molar-refractivity contribution < 1.29 is 18.3 Å². The highest BCUT2D eigenvalue weighted by Crippen LogP contribution is 2.33. The predicted octanol–water partition coefficient (Wildman–Crippen LogP) is 2.84. The lowest BCUT2D eigenvalue weighted by molar-refractivity contribution is -0.137. The largest absolute Gasteiger partial charge is 0.416 e. The fraction of sp³-hybridized carbons (Fsp3) is 0.154. The first-order chi connectivity index (χ1) is 8.93. The fourth-order valence-electron chi connectivity index (χ4n) is 1.77. The minimum atomic E-state index is -4.42. The van der Waals surface area contributed by atoms with Gasteiger partial charge in [-0.25, -0.2) is 0 Å². The lowest BCUT2D eigenvalue weighted by Gasteiger charge is -2.11. The number of benzene rings is 1. The lowest BCUT2D eigenvalue weighted by Crippen LogP contribution is -2.05. The van der Waals surface area contributed by atoms with Crippen LogP contribution in [0.4, 0.5) is 18.9 Å². The van der Waals surface area contributed by atoms with Crippen LogP contribution >= 0.6 is 0 Å². The molecule has 0 saturated heterocycles. The second-order valence-corrected chi connectivity index (χ2v) is 3.96. The molecule has 1 aromatic heterocycles. The van der Waals surface area contributed by atoms with Crippen molar-refractivity contribution in [3.63, 3.8) is 0 Å². The van der Waals surface area contributed by atoms with E-state index in [2.05, 4.69) is 4.98 Å². The number of nitrogens with zero attached hydrogens (tertiary/aromatic N) is 1. The maximum absolute atomic E-state index is 12.7. The summed E-state index contributed by atoms with van der Waals surface area (Å²) >= 11 is 0. The van der Waals surface area contributed by atoms with Gasteiger partial charge in [0.2, 0.25) is 0 Å². The van der Waals surface area contributed by atoms with Crippen molar-refractivity contribution in [1.82, 2.24) is 4.98 Å². The van der Waals surface area contributed by atoms with Gasteiger partial charge in [-0.3, -0.25) is 4.98 Å². The number of aromatic nitrogens is 1. The van der Waals surface area contributed by atoms with Gasteiger partial charge in [0.15, 0.2) is 0 Å². The Hall–Kier alpha value is -2.08. The minimum absolute atomic E-state index is 0.258. The van der Waals surface area contributed by atoms with E-state index in [1.807, 2.05) is 0 Å². The zero-order valence-electron chi connectivity index (χ0n) is 9.78. The Morgan fingerprint density at radius 1 is 1.21 bits per heavy atom. The first-order valence-electron chi connectivity index (χ1n) is 5.45. The number of hydrogen-bond donors (Lipinski definition) is 2. The van der Waals surface area contributed by atoms with Crippen molar-refractivity contribution in [3.8, 4) is 11.3 Å². The summed E-state index contributed by atoms with van der Waals surface area (Å²) in [4.78, 5) is 4.00. The van der Waals surface area contributed by atoms with Crippen molar-refractivity contribution in [2.75, 3.05) is 5.73 Å². The van der Waals surface area contributed by atoms with Crippen LogP contribution in [0.25, 0.3) is 11.3 Å². The molecule has 2 rings (SSSR count). The molecule has 100 valence electrons. The molecule has 0 radical (unpaired) electrons. The zero-order chi connectivity index (χ0) is 14.0. The van der Waals surface area contributed by atoms with Crippen LogP contribution in [-0.2, 0) is 12.8 Å². The maximum atomic E-state index is 12.7. The minimum Gasteiger partial charge on any atom is -0.398 e. The summed E-state index contributed by atoms with van der Waals surface area (Å²) in [6, 6.07) is 6.25. The molecule has 1 heterocycles. The van der Waals surface area contributed by atoms with Crippen LogP contribution < -0.4 is 5.73 Å². The summed E-state index contributed by atoms with van der Waals surface area (Å²) < 4.78 is 38.0. The van der Waals surface area contributed by atoms with Gasteiger partial charge in [-0.05, 0) is 18.2 Å². The first kappa shape index (κ1) is 13.4. The van der Waals surface area contributed by atoms with Gasteiger partial charge in [0.05, 0.1) is 17.9 Å². The fourth-order valence-corrected chi connectivity index (χ4v) is 1.77. The van der Waals surface area contributed by atoms with Gasteiger partial charge in [-0.1, -0.05) is 12.1 Å². The van der Waals surface area contributed by atoms with Crippen molar-refractivity contribution in [3.05, 3.63) is 47.7 Å². The van der Waals surface area contributed by atoms with Gasteiger partial charge in [-0.2, -0.15) is 13.2 Å². The molecule has 3 nitrogen and oxygen atoms in total. The monoisotopic (exact) mass is 268 g/mol. The van der Waals surface area contributed by atoms with Crippen LogP contribution in [0.1, 0.15) is 11.1 Å². The van der Waals surface area contributed by atoms with E-state index < -0.39 is 11.7 Å². The van der Waals surface area contributed by atoms with Crippen molar-refractivity contribution in [2.24, 2.45) is 0 Å². The number of anilines is 1. The highest BCUT2D eigenvalue weighted by molar-refractivity contribution is 5.69. The molecule has 19 heavy (non-hydrogen) atoms. The number of aliphatic hydroxyl groups excluding tert-OH is 1. The third-order valence-corrected chi connectivity index (χ3v) is 2.71. The quantitative estimate of drug-likeness (QED) is 0.880. The Balaban J connectivity index is 2.57. The van der Waals surface area contributed by atoms with E-state index in [0.29, 0.717) is 11.3 Å². The van der Waals surface area contributed by atoms with Gasteiger partial charge in [0.1, 0.15) is 0 Å². The van der Waals surface area contributed by atoms with E-state index in [1.54, 1.807) is 0 Å². The van der Waals surface area contributed by atoms with Crippen LogP contribution in [0.15, 0.2) is 36.5 Å². The van der Waals surface area contributed by atoms with E-state index in [0.717, 1.165) is 12.1 Å². The Bertz CT molecular complexity index is 597. The molecular formula is C13H11F3N2O. The maximum Gasteiger partial charge on any atom is 0.416 e. The molecule has 6 heteroatoms. The van der Waals surface area contributed by atoms with E-state index in [4.69, 9.17) is 5.73 Å². The van der Waals surface area contributed by atoms with Gasteiger partial charge >= 0.3 is 6.18 Å². The van der Waals surface area contributed by atoms with Crippen LogP contribution in [-0.4, -0.2) is 10.1 Å². The predicted molar refractivity (Wildman–Crippen MR) is 65.0 cm³/mol. The lowest BCUT2D eigenvalue weighted by atomic mass is 10.0. The van der Waals surface area contributed by atoms with Gasteiger partial charge in [-0.15, -0.1) is 0 Å². The number of nitrogens with two attached hydrogens (primary N) is 1. The topological polar surface area (TPSA) is 59.1 Å². The summed E-state index contributed by atoms with van der Waals surface area (Å²) in [6.45, 7) is -0.384. The molecule has 1 aromatic carbocycles. The molecule has 0 aliphatic rings. The highest BCUT2D eigenvalue weighted by Gasteiger charge is 2.30. The number of aliphatic hydroxyl groups is 1. The van der Waals surface area contributed by atoms with Crippen molar-refractivity contribution >= 4 is 5.69 Å². The van der Waals surface area contributed by atoms with Crippen LogP contribution in [0.3, 0.4) is 0 Å². The van der Waals surface area contributed by atoms with Crippen molar-refractivity contribution in [2.45, 2.75) is 12.8 Å². The summed E-state index contributed by atoms with van der Waals surface area (Å²) in [5.74, 6) is 0. The molecule has 0 saturated carbocycles. The smallest absolute Gasteiger partial charge is 0.398 e. The molecule has 2 aromatic rings. The molecule has 0 spiro atoms. The second kappa shape index (κ2) is 4.89. The highest BCUT2D eigenvalue weighted by atomic mass is 19.4. The van der Waals surface area contributed by atoms with Gasteiger partial charge in [0, 0.05) is 23.0 Å². The summed E-state index contributed by atoms with van der Waals surface area (Å²) in [5.41, 5.74) is 6.05. The molecule has 3 N–H and O–H groups in total. The average molecular weight is 268 g/mol. The van der Waals surface area contributed by atoms with Crippen LogP contribution in [0, 0.1) is 0 Å². The third-order valence-electron chi connectivity index (χ3n) is 2.71. The molecule has 0 unspecified atom stereocenters. The van der Waals surface area contributed by atoms with E-state index in [-0.39, 0.29) is 17.9 Å².